The minimum atomic E-state index is -2.84. The second-order valence-electron chi connectivity index (χ2n) is 4.92. The van der Waals surface area contributed by atoms with Crippen molar-refractivity contribution in [2.45, 2.75) is 19.4 Å². The van der Waals surface area contributed by atoms with Crippen molar-refractivity contribution in [1.29, 1.82) is 0 Å². The molecule has 0 amide bonds. The Balaban J connectivity index is 2.47. The van der Waals surface area contributed by atoms with Crippen LogP contribution in [-0.2, 0) is 22.8 Å². The second kappa shape index (κ2) is 10.1. The third-order valence-corrected chi connectivity index (χ3v) is 5.87. The van der Waals surface area contributed by atoms with Crippen LogP contribution >= 0.6 is 0 Å². The van der Waals surface area contributed by atoms with Crippen LogP contribution in [0.3, 0.4) is 0 Å². The monoisotopic (exact) mass is 336 g/mol. The zero-order valence-corrected chi connectivity index (χ0v) is 14.9. The highest BCUT2D eigenvalue weighted by molar-refractivity contribution is 6.60. The van der Waals surface area contributed by atoms with Crippen LogP contribution in [0.25, 0.3) is 6.08 Å². The van der Waals surface area contributed by atoms with E-state index >= 15 is 0 Å². The van der Waals surface area contributed by atoms with Crippen LogP contribution in [0.5, 0.6) is 0 Å². The molecule has 126 valence electrons. The van der Waals surface area contributed by atoms with Crippen molar-refractivity contribution in [2.24, 2.45) is 0 Å². The van der Waals surface area contributed by atoms with Crippen LogP contribution < -0.4 is 0 Å². The molecule has 1 rings (SSSR count). The van der Waals surface area contributed by atoms with E-state index in [1.165, 1.54) is 14.2 Å². The zero-order chi connectivity index (χ0) is 17.1. The molecule has 0 aliphatic carbocycles. The number of carbonyl (C=O) groups is 1. The summed E-state index contributed by atoms with van der Waals surface area (Å²) < 4.78 is 21.4. The van der Waals surface area contributed by atoms with E-state index in [-0.39, 0.29) is 6.79 Å². The number of ether oxygens (including phenoxy) is 1. The van der Waals surface area contributed by atoms with Gasteiger partial charge in [-0.25, -0.2) is 4.79 Å². The molecule has 0 radical (unpaired) electrons. The van der Waals surface area contributed by atoms with Crippen LogP contribution in [0.1, 0.15) is 18.9 Å². The molecule has 0 bridgehead atoms. The minimum absolute atomic E-state index is 0.206. The highest BCUT2D eigenvalue weighted by Crippen LogP contribution is 2.17. The van der Waals surface area contributed by atoms with Crippen molar-refractivity contribution in [3.8, 4) is 0 Å². The highest BCUT2D eigenvalue weighted by Gasteiger charge is 2.38. The first-order chi connectivity index (χ1) is 11.0. The molecule has 0 saturated heterocycles. The summed E-state index contributed by atoms with van der Waals surface area (Å²) in [6.07, 6.45) is 4.81. The third-order valence-electron chi connectivity index (χ3n) is 3.17. The summed E-state index contributed by atoms with van der Waals surface area (Å²) in [4.78, 5) is 11.3. The summed E-state index contributed by atoms with van der Waals surface area (Å²) in [5.41, 5.74) is 1.45. The fourth-order valence-corrected chi connectivity index (χ4v) is 3.53. The average molecular weight is 336 g/mol. The Morgan fingerprint density at radius 2 is 1.87 bits per heavy atom. The number of carbonyl (C=O) groups excluding carboxylic acids is 1. The molecule has 0 N–H and O–H groups in total. The van der Waals surface area contributed by atoms with E-state index < -0.39 is 14.8 Å². The molecule has 0 heterocycles. The SMILES string of the molecule is C=C(C)C(=O)OCO[Si](CCC=Cc1ccccc1)(OC)OC. The number of benzene rings is 1. The Labute approximate surface area is 138 Å². The number of esters is 1. The van der Waals surface area contributed by atoms with Gasteiger partial charge in [-0.2, -0.15) is 0 Å². The van der Waals surface area contributed by atoms with E-state index in [4.69, 9.17) is 18.0 Å². The lowest BCUT2D eigenvalue weighted by Gasteiger charge is -2.25. The molecule has 0 unspecified atom stereocenters. The zero-order valence-electron chi connectivity index (χ0n) is 13.9. The predicted octanol–water partition coefficient (Wildman–Crippen LogP) is 3.42. The molecule has 1 aromatic rings. The fraction of sp³-hybridized carbons (Fsp3) is 0.353. The van der Waals surface area contributed by atoms with Gasteiger partial charge in [0.15, 0.2) is 6.79 Å². The van der Waals surface area contributed by atoms with Gasteiger partial charge in [-0.1, -0.05) is 49.1 Å². The lowest BCUT2D eigenvalue weighted by Crippen LogP contribution is -2.44. The van der Waals surface area contributed by atoms with Crippen molar-refractivity contribution >= 4 is 20.8 Å². The average Bonchev–Trinajstić information content (AvgIpc) is 2.58. The summed E-state index contributed by atoms with van der Waals surface area (Å²) in [7, 11) is 0.236. The van der Waals surface area contributed by atoms with Crippen LogP contribution in [0.15, 0.2) is 48.6 Å². The first-order valence-electron chi connectivity index (χ1n) is 7.31. The van der Waals surface area contributed by atoms with Crippen LogP contribution in [0.2, 0.25) is 6.04 Å². The van der Waals surface area contributed by atoms with Crippen LogP contribution in [0, 0.1) is 0 Å². The molecule has 23 heavy (non-hydrogen) atoms. The third kappa shape index (κ3) is 6.92. The van der Waals surface area contributed by atoms with Crippen molar-refractivity contribution in [2.75, 3.05) is 21.0 Å². The van der Waals surface area contributed by atoms with Crippen molar-refractivity contribution < 1.29 is 22.8 Å². The number of rotatable bonds is 10. The molecule has 0 aliphatic heterocycles. The molecule has 0 spiro atoms. The normalized spacial score (nSPS) is 11.6. The van der Waals surface area contributed by atoms with Crippen molar-refractivity contribution in [3.05, 3.63) is 54.1 Å². The van der Waals surface area contributed by atoms with Gasteiger partial charge in [-0.05, 0) is 18.9 Å². The van der Waals surface area contributed by atoms with Gasteiger partial charge in [0.05, 0.1) is 0 Å². The number of hydrogen-bond donors (Lipinski definition) is 0. The molecule has 0 aliphatic rings. The van der Waals surface area contributed by atoms with Crippen molar-refractivity contribution in [3.63, 3.8) is 0 Å². The first-order valence-corrected chi connectivity index (χ1v) is 9.24. The van der Waals surface area contributed by atoms with Gasteiger partial charge in [0.25, 0.3) is 0 Å². The molecule has 0 aromatic heterocycles. The standard InChI is InChI=1S/C17H24O5Si/c1-15(2)17(18)21-14-22-23(19-3,20-4)13-9-8-12-16-10-6-5-7-11-16/h5-8,10-12H,1,9,13-14H2,2-4H3. The molecule has 6 heteroatoms. The van der Waals surface area contributed by atoms with Crippen LogP contribution in [0.4, 0.5) is 0 Å². The fourth-order valence-electron chi connectivity index (χ4n) is 1.82. The second-order valence-corrected chi connectivity index (χ2v) is 7.89. The smallest absolute Gasteiger partial charge is 0.436 e. The van der Waals surface area contributed by atoms with E-state index in [1.807, 2.05) is 42.5 Å². The van der Waals surface area contributed by atoms with Gasteiger partial charge in [0.2, 0.25) is 0 Å². The lowest BCUT2D eigenvalue weighted by atomic mass is 10.2. The van der Waals surface area contributed by atoms with E-state index in [9.17, 15) is 4.79 Å². The summed E-state index contributed by atoms with van der Waals surface area (Å²) in [5, 5.41) is 0. The first kappa shape index (κ1) is 19.3. The van der Waals surface area contributed by atoms with E-state index in [0.29, 0.717) is 11.6 Å². The van der Waals surface area contributed by atoms with E-state index in [2.05, 4.69) is 6.58 Å². The molecule has 0 atom stereocenters. The molecular formula is C17H24O5Si. The van der Waals surface area contributed by atoms with E-state index in [0.717, 1.165) is 12.0 Å². The lowest BCUT2D eigenvalue weighted by molar-refractivity contribution is -0.147. The predicted molar refractivity (Wildman–Crippen MR) is 91.5 cm³/mol. The number of allylic oxidation sites excluding steroid dienone is 1. The van der Waals surface area contributed by atoms with Gasteiger partial charge in [-0.3, -0.25) is 0 Å². The summed E-state index contributed by atoms with van der Waals surface area (Å²) in [5.74, 6) is -0.496. The van der Waals surface area contributed by atoms with E-state index in [1.54, 1.807) is 6.92 Å². The minimum Gasteiger partial charge on any atom is -0.436 e. The van der Waals surface area contributed by atoms with Gasteiger partial charge >= 0.3 is 14.8 Å². The maximum absolute atomic E-state index is 11.3. The van der Waals surface area contributed by atoms with Gasteiger partial charge in [-0.15, -0.1) is 0 Å². The Morgan fingerprint density at radius 3 is 2.43 bits per heavy atom. The Kier molecular flexibility index (Phi) is 8.50. The van der Waals surface area contributed by atoms with Gasteiger partial charge in [0.1, 0.15) is 0 Å². The molecule has 0 fully saturated rings. The largest absolute Gasteiger partial charge is 0.503 e. The maximum Gasteiger partial charge on any atom is 0.503 e. The van der Waals surface area contributed by atoms with Gasteiger partial charge < -0.3 is 18.0 Å². The molecule has 0 saturated carbocycles. The Bertz CT molecular complexity index is 523. The molecule has 5 nitrogen and oxygen atoms in total. The Hall–Kier alpha value is -1.73. The molecular weight excluding hydrogens is 312 g/mol. The highest BCUT2D eigenvalue weighted by atomic mass is 28.4. The van der Waals surface area contributed by atoms with Crippen LogP contribution in [-0.4, -0.2) is 35.8 Å². The van der Waals surface area contributed by atoms with Gasteiger partial charge in [0, 0.05) is 25.8 Å². The molecule has 1 aromatic carbocycles. The summed E-state index contributed by atoms with van der Waals surface area (Å²) in [6, 6.07) is 10.6. The number of hydrogen-bond acceptors (Lipinski definition) is 5. The topological polar surface area (TPSA) is 54.0 Å². The summed E-state index contributed by atoms with van der Waals surface area (Å²) in [6.45, 7) is 4.88. The van der Waals surface area contributed by atoms with Crippen molar-refractivity contribution in [1.82, 2.24) is 0 Å². The Morgan fingerprint density at radius 1 is 1.22 bits per heavy atom. The summed E-state index contributed by atoms with van der Waals surface area (Å²) >= 11 is 0. The maximum atomic E-state index is 11.3. The quantitative estimate of drug-likeness (QED) is 0.284.